The van der Waals surface area contributed by atoms with Crippen molar-refractivity contribution in [2.24, 2.45) is 5.92 Å². The third kappa shape index (κ3) is 3.91. The second-order valence-electron chi connectivity index (χ2n) is 5.65. The van der Waals surface area contributed by atoms with E-state index in [0.717, 1.165) is 0 Å². The van der Waals surface area contributed by atoms with E-state index in [9.17, 15) is 4.79 Å². The minimum atomic E-state index is -0.606. The molecule has 0 N–H and O–H groups in total. The largest absolute Gasteiger partial charge is 1.00 e. The van der Waals surface area contributed by atoms with Gasteiger partial charge in [0.05, 0.1) is 12.1 Å². The van der Waals surface area contributed by atoms with E-state index >= 15 is 0 Å². The molecule has 1 fully saturated rings. The molecule has 0 unspecified atom stereocenters. The summed E-state index contributed by atoms with van der Waals surface area (Å²) < 4.78 is 10.7. The number of rotatable bonds is 2. The van der Waals surface area contributed by atoms with Gasteiger partial charge in [-0.05, 0) is 27.7 Å². The number of ether oxygens (including phenoxy) is 2. The number of hydrogen-bond acceptors (Lipinski definition) is 3. The molecule has 0 aromatic heterocycles. The van der Waals surface area contributed by atoms with Crippen molar-refractivity contribution in [1.29, 1.82) is 0 Å². The fourth-order valence-electron chi connectivity index (χ4n) is 1.93. The monoisotopic (exact) mass is 235 g/mol. The Morgan fingerprint density at radius 1 is 1.35 bits per heavy atom. The van der Waals surface area contributed by atoms with E-state index in [1.807, 2.05) is 41.5 Å². The van der Waals surface area contributed by atoms with Crippen LogP contribution in [0.3, 0.4) is 0 Å². The van der Waals surface area contributed by atoms with Crippen LogP contribution in [0, 0.1) is 12.5 Å². The number of nitrogens with zero attached hydrogens (tertiary/aromatic N) is 1. The minimum absolute atomic E-state index is 0. The average molecular weight is 235 g/mol. The number of amides is 1. The fraction of sp³-hybridized carbons (Fsp3) is 0.833. The Balaban J connectivity index is 0.00000256. The zero-order valence-corrected chi connectivity index (χ0v) is 12.0. The molecule has 0 saturated carbocycles. The standard InChI is InChI=1S/C12H22NO3.Li/c1-9(2)7-15-10(14)13-11(3,4)8-16-12(13,5)6;/h7,9H,8H2,1-6H3;/q-1;+1. The molecule has 4 nitrogen and oxygen atoms in total. The van der Waals surface area contributed by atoms with Crippen molar-refractivity contribution < 1.29 is 33.1 Å². The van der Waals surface area contributed by atoms with E-state index in [1.54, 1.807) is 11.5 Å². The predicted octanol–water partition coefficient (Wildman–Crippen LogP) is -0.208. The summed E-state index contributed by atoms with van der Waals surface area (Å²) in [7, 11) is 0. The van der Waals surface area contributed by atoms with Gasteiger partial charge in [-0.25, -0.2) is 4.79 Å². The minimum Gasteiger partial charge on any atom is -0.620 e. The Labute approximate surface area is 116 Å². The molecular formula is C12H22LiNO3. The first kappa shape index (κ1) is 16.8. The zero-order chi connectivity index (χ0) is 12.6. The summed E-state index contributed by atoms with van der Waals surface area (Å²) in [4.78, 5) is 13.6. The Kier molecular flexibility index (Phi) is 5.59. The first-order valence-electron chi connectivity index (χ1n) is 5.65. The molecule has 0 aromatic rings. The summed E-state index contributed by atoms with van der Waals surface area (Å²) in [5.41, 5.74) is -0.934. The molecule has 0 aliphatic carbocycles. The number of carbonyl (C=O) groups is 1. The molecule has 0 atom stereocenters. The molecule has 94 valence electrons. The topological polar surface area (TPSA) is 38.8 Å². The molecule has 0 bridgehead atoms. The van der Waals surface area contributed by atoms with Gasteiger partial charge in [0.25, 0.3) is 0 Å². The average Bonchev–Trinajstić information content (AvgIpc) is 2.32. The molecule has 17 heavy (non-hydrogen) atoms. The normalized spacial score (nSPS) is 21.2. The molecule has 1 aliphatic heterocycles. The van der Waals surface area contributed by atoms with E-state index in [-0.39, 0.29) is 36.4 Å². The third-order valence-corrected chi connectivity index (χ3v) is 2.55. The third-order valence-electron chi connectivity index (χ3n) is 2.55. The summed E-state index contributed by atoms with van der Waals surface area (Å²) in [6.45, 7) is 13.7. The fourth-order valence-corrected chi connectivity index (χ4v) is 1.93. The summed E-state index contributed by atoms with van der Waals surface area (Å²) in [6.07, 6.45) is -0.346. The van der Waals surface area contributed by atoms with Gasteiger partial charge >= 0.3 is 25.0 Å². The van der Waals surface area contributed by atoms with Crippen LogP contribution in [0.5, 0.6) is 0 Å². The van der Waals surface area contributed by atoms with Crippen molar-refractivity contribution in [3.8, 4) is 0 Å². The molecule has 1 saturated heterocycles. The van der Waals surface area contributed by atoms with Crippen LogP contribution in [0.25, 0.3) is 0 Å². The Morgan fingerprint density at radius 2 is 1.88 bits per heavy atom. The summed E-state index contributed by atoms with van der Waals surface area (Å²) >= 11 is 0. The van der Waals surface area contributed by atoms with Crippen LogP contribution >= 0.6 is 0 Å². The summed E-state index contributed by atoms with van der Waals surface area (Å²) in [5.74, 6) is 0.221. The number of carbonyl (C=O) groups excluding carboxylic acids is 1. The molecule has 1 heterocycles. The maximum absolute atomic E-state index is 12.0. The SMILES string of the molecule is CC(C)[CH-]OC(=O)N1C(C)(C)COC1(C)C.[Li+]. The van der Waals surface area contributed by atoms with E-state index in [2.05, 4.69) is 0 Å². The second kappa shape index (κ2) is 5.65. The van der Waals surface area contributed by atoms with Gasteiger partial charge in [-0.2, -0.15) is 6.61 Å². The number of hydrogen-bond donors (Lipinski definition) is 0. The van der Waals surface area contributed by atoms with Gasteiger partial charge in [-0.1, -0.05) is 13.8 Å². The van der Waals surface area contributed by atoms with Crippen LogP contribution in [0.4, 0.5) is 4.79 Å². The van der Waals surface area contributed by atoms with Gasteiger partial charge in [-0.3, -0.25) is 4.90 Å². The summed E-state index contributed by atoms with van der Waals surface area (Å²) in [6, 6.07) is 0. The predicted molar refractivity (Wildman–Crippen MR) is 61.6 cm³/mol. The molecule has 0 spiro atoms. The zero-order valence-electron chi connectivity index (χ0n) is 12.0. The van der Waals surface area contributed by atoms with Gasteiger partial charge in [0.15, 0.2) is 0 Å². The Bertz CT molecular complexity index is 261. The van der Waals surface area contributed by atoms with Crippen molar-refractivity contribution in [2.45, 2.75) is 52.8 Å². The van der Waals surface area contributed by atoms with Gasteiger partial charge in [0.2, 0.25) is 0 Å². The Morgan fingerprint density at radius 3 is 2.24 bits per heavy atom. The van der Waals surface area contributed by atoms with Gasteiger partial charge in [0.1, 0.15) is 5.72 Å². The van der Waals surface area contributed by atoms with Crippen LogP contribution in [0.15, 0.2) is 0 Å². The quantitative estimate of drug-likeness (QED) is 0.491. The molecule has 1 amide bonds. The maximum atomic E-state index is 12.0. The molecule has 1 rings (SSSR count). The molecular weight excluding hydrogens is 213 g/mol. The second-order valence-corrected chi connectivity index (χ2v) is 5.65. The first-order valence-corrected chi connectivity index (χ1v) is 5.65. The van der Waals surface area contributed by atoms with E-state index < -0.39 is 5.72 Å². The molecule has 0 radical (unpaired) electrons. The summed E-state index contributed by atoms with van der Waals surface area (Å²) in [5, 5.41) is 0. The smallest absolute Gasteiger partial charge is 0.620 e. The van der Waals surface area contributed by atoms with Crippen molar-refractivity contribution in [1.82, 2.24) is 4.90 Å². The van der Waals surface area contributed by atoms with Crippen LogP contribution in [0.1, 0.15) is 41.5 Å². The van der Waals surface area contributed by atoms with Crippen molar-refractivity contribution in [3.05, 3.63) is 6.61 Å². The van der Waals surface area contributed by atoms with Crippen molar-refractivity contribution in [2.75, 3.05) is 6.61 Å². The first-order chi connectivity index (χ1) is 7.17. The molecule has 1 aliphatic rings. The van der Waals surface area contributed by atoms with Gasteiger partial charge < -0.3 is 9.47 Å². The Hall–Kier alpha value is -0.173. The van der Waals surface area contributed by atoms with Crippen LogP contribution in [-0.4, -0.2) is 28.9 Å². The van der Waals surface area contributed by atoms with Crippen LogP contribution < -0.4 is 18.9 Å². The van der Waals surface area contributed by atoms with Crippen LogP contribution in [0.2, 0.25) is 0 Å². The van der Waals surface area contributed by atoms with E-state index in [0.29, 0.717) is 6.61 Å². The van der Waals surface area contributed by atoms with Crippen molar-refractivity contribution in [3.63, 3.8) is 0 Å². The van der Waals surface area contributed by atoms with E-state index in [4.69, 9.17) is 9.47 Å². The molecule has 5 heteroatoms. The molecule has 0 aromatic carbocycles. The van der Waals surface area contributed by atoms with Gasteiger partial charge in [0, 0.05) is 0 Å². The van der Waals surface area contributed by atoms with Crippen LogP contribution in [-0.2, 0) is 9.47 Å². The van der Waals surface area contributed by atoms with E-state index in [1.165, 1.54) is 0 Å². The van der Waals surface area contributed by atoms with Gasteiger partial charge in [-0.15, -0.1) is 5.92 Å². The maximum Gasteiger partial charge on any atom is 1.00 e. The van der Waals surface area contributed by atoms with Crippen molar-refractivity contribution >= 4 is 6.09 Å².